The Kier molecular flexibility index (Phi) is 3.29. The number of nitrogens with one attached hydrogen (secondary N) is 2. The zero-order chi connectivity index (χ0) is 13.3. The molecule has 1 atom stereocenters. The molecular formula is C15H20N2O2. The predicted octanol–water partition coefficient (Wildman–Crippen LogP) is 0.648. The highest BCUT2D eigenvalue weighted by molar-refractivity contribution is 5.85. The molecule has 1 saturated heterocycles. The summed E-state index contributed by atoms with van der Waals surface area (Å²) in [6.45, 7) is 3.85. The Balaban J connectivity index is 1.63. The third-order valence-corrected chi connectivity index (χ3v) is 4.03. The number of ether oxygens (including phenoxy) is 1. The van der Waals surface area contributed by atoms with Gasteiger partial charge in [-0.3, -0.25) is 4.79 Å². The highest BCUT2D eigenvalue weighted by Gasteiger charge is 2.37. The number of hydrogen-bond acceptors (Lipinski definition) is 3. The maximum atomic E-state index is 12.4. The molecule has 1 aromatic carbocycles. The summed E-state index contributed by atoms with van der Waals surface area (Å²) >= 11 is 0. The van der Waals surface area contributed by atoms with Crippen LogP contribution in [-0.4, -0.2) is 37.2 Å². The van der Waals surface area contributed by atoms with Crippen molar-refractivity contribution in [3.05, 3.63) is 35.4 Å². The largest absolute Gasteiger partial charge is 0.363 e. The van der Waals surface area contributed by atoms with Gasteiger partial charge in [0.05, 0.1) is 6.61 Å². The second-order valence-corrected chi connectivity index (χ2v) is 5.60. The van der Waals surface area contributed by atoms with Crippen molar-refractivity contribution in [2.24, 2.45) is 0 Å². The highest BCUT2D eigenvalue weighted by Crippen LogP contribution is 2.22. The van der Waals surface area contributed by atoms with Crippen molar-refractivity contribution >= 4 is 5.91 Å². The number of benzene rings is 1. The summed E-state index contributed by atoms with van der Waals surface area (Å²) in [7, 11) is 0. The van der Waals surface area contributed by atoms with Crippen LogP contribution in [0, 0.1) is 0 Å². The third-order valence-electron chi connectivity index (χ3n) is 4.03. The average Bonchev–Trinajstić information content (AvgIpc) is 2.81. The van der Waals surface area contributed by atoms with Crippen LogP contribution < -0.4 is 10.6 Å². The van der Waals surface area contributed by atoms with E-state index in [0.29, 0.717) is 13.2 Å². The lowest BCUT2D eigenvalue weighted by Gasteiger charge is -2.33. The number of hydrogen-bond donors (Lipinski definition) is 2. The summed E-state index contributed by atoms with van der Waals surface area (Å²) < 4.78 is 5.64. The molecule has 0 unspecified atom stereocenters. The molecule has 3 rings (SSSR count). The Bertz CT molecular complexity index is 456. The Labute approximate surface area is 113 Å². The van der Waals surface area contributed by atoms with Crippen LogP contribution in [0.3, 0.4) is 0 Å². The molecule has 2 aliphatic rings. The summed E-state index contributed by atoms with van der Waals surface area (Å²) in [6.07, 6.45) is 1.84. The lowest BCUT2D eigenvalue weighted by molar-refractivity contribution is -0.148. The van der Waals surface area contributed by atoms with Crippen LogP contribution in [-0.2, 0) is 22.4 Å². The smallest absolute Gasteiger partial charge is 0.253 e. The van der Waals surface area contributed by atoms with Gasteiger partial charge in [0.25, 0.3) is 5.91 Å². The van der Waals surface area contributed by atoms with E-state index in [2.05, 4.69) is 34.9 Å². The van der Waals surface area contributed by atoms with Crippen molar-refractivity contribution in [3.63, 3.8) is 0 Å². The van der Waals surface area contributed by atoms with Gasteiger partial charge >= 0.3 is 0 Å². The SMILES string of the molecule is C[C@@]1(C(=O)NC2Cc3ccccc3C2)CNCCO1. The molecule has 0 spiro atoms. The maximum absolute atomic E-state index is 12.4. The maximum Gasteiger partial charge on any atom is 0.253 e. The number of morpholine rings is 1. The number of carbonyl (C=O) groups excluding carboxylic acids is 1. The van der Waals surface area contributed by atoms with Gasteiger partial charge in [-0.05, 0) is 30.9 Å². The van der Waals surface area contributed by atoms with E-state index in [1.54, 1.807) is 0 Å². The number of fused-ring (bicyclic) bond motifs is 1. The van der Waals surface area contributed by atoms with Crippen LogP contribution in [0.25, 0.3) is 0 Å². The molecule has 19 heavy (non-hydrogen) atoms. The fourth-order valence-corrected chi connectivity index (χ4v) is 2.87. The summed E-state index contributed by atoms with van der Waals surface area (Å²) in [5, 5.41) is 6.34. The fourth-order valence-electron chi connectivity index (χ4n) is 2.87. The lowest BCUT2D eigenvalue weighted by Crippen LogP contribution is -2.58. The molecule has 1 amide bonds. The molecule has 102 valence electrons. The van der Waals surface area contributed by atoms with Crippen LogP contribution in [0.2, 0.25) is 0 Å². The summed E-state index contributed by atoms with van der Waals surface area (Å²) in [5.41, 5.74) is 1.97. The van der Waals surface area contributed by atoms with Crippen LogP contribution in [0.15, 0.2) is 24.3 Å². The van der Waals surface area contributed by atoms with Gasteiger partial charge < -0.3 is 15.4 Å². The first-order valence-electron chi connectivity index (χ1n) is 6.90. The van der Waals surface area contributed by atoms with Crippen molar-refractivity contribution in [2.75, 3.05) is 19.7 Å². The minimum absolute atomic E-state index is 0.00231. The van der Waals surface area contributed by atoms with Crippen LogP contribution in [0.5, 0.6) is 0 Å². The monoisotopic (exact) mass is 260 g/mol. The highest BCUT2D eigenvalue weighted by atomic mass is 16.5. The van der Waals surface area contributed by atoms with Crippen molar-refractivity contribution < 1.29 is 9.53 Å². The van der Waals surface area contributed by atoms with Crippen LogP contribution in [0.4, 0.5) is 0 Å². The topological polar surface area (TPSA) is 50.4 Å². The van der Waals surface area contributed by atoms with Gasteiger partial charge in [-0.2, -0.15) is 0 Å². The fraction of sp³-hybridized carbons (Fsp3) is 0.533. The zero-order valence-electron chi connectivity index (χ0n) is 11.2. The summed E-state index contributed by atoms with van der Waals surface area (Å²) in [6, 6.07) is 8.59. The molecule has 1 aromatic rings. The van der Waals surface area contributed by atoms with Crippen molar-refractivity contribution in [1.29, 1.82) is 0 Å². The number of rotatable bonds is 2. The Morgan fingerprint density at radius 1 is 1.37 bits per heavy atom. The number of carbonyl (C=O) groups is 1. The molecule has 4 nitrogen and oxygen atoms in total. The normalized spacial score (nSPS) is 27.0. The number of amides is 1. The van der Waals surface area contributed by atoms with E-state index in [-0.39, 0.29) is 11.9 Å². The van der Waals surface area contributed by atoms with E-state index in [9.17, 15) is 4.79 Å². The van der Waals surface area contributed by atoms with Crippen molar-refractivity contribution in [2.45, 2.75) is 31.4 Å². The average molecular weight is 260 g/mol. The summed E-state index contributed by atoms with van der Waals surface area (Å²) in [5.74, 6) is -0.00231. The first kappa shape index (κ1) is 12.6. The Morgan fingerprint density at radius 2 is 2.05 bits per heavy atom. The van der Waals surface area contributed by atoms with Crippen molar-refractivity contribution in [3.8, 4) is 0 Å². The first-order chi connectivity index (χ1) is 9.17. The second-order valence-electron chi connectivity index (χ2n) is 5.60. The molecular weight excluding hydrogens is 240 g/mol. The molecule has 0 radical (unpaired) electrons. The van der Waals surface area contributed by atoms with Gasteiger partial charge in [0.15, 0.2) is 5.60 Å². The van der Waals surface area contributed by atoms with Gasteiger partial charge in [0, 0.05) is 19.1 Å². The molecule has 2 N–H and O–H groups in total. The van der Waals surface area contributed by atoms with E-state index in [0.717, 1.165) is 19.4 Å². The van der Waals surface area contributed by atoms with E-state index < -0.39 is 5.60 Å². The van der Waals surface area contributed by atoms with E-state index in [1.807, 2.05) is 6.92 Å². The molecule has 1 aliphatic carbocycles. The van der Waals surface area contributed by atoms with E-state index in [4.69, 9.17) is 4.74 Å². The third kappa shape index (κ3) is 2.51. The molecule has 1 heterocycles. The van der Waals surface area contributed by atoms with Gasteiger partial charge in [0.2, 0.25) is 0 Å². The van der Waals surface area contributed by atoms with Gasteiger partial charge in [0.1, 0.15) is 0 Å². The lowest BCUT2D eigenvalue weighted by atomic mass is 10.0. The molecule has 0 aromatic heterocycles. The molecule has 1 fully saturated rings. The summed E-state index contributed by atoms with van der Waals surface area (Å²) in [4.78, 5) is 12.4. The molecule has 4 heteroatoms. The van der Waals surface area contributed by atoms with E-state index in [1.165, 1.54) is 11.1 Å². The quantitative estimate of drug-likeness (QED) is 0.821. The van der Waals surface area contributed by atoms with Gasteiger partial charge in [-0.1, -0.05) is 24.3 Å². The van der Waals surface area contributed by atoms with Gasteiger partial charge in [-0.15, -0.1) is 0 Å². The molecule has 0 saturated carbocycles. The van der Waals surface area contributed by atoms with Gasteiger partial charge in [-0.25, -0.2) is 0 Å². The van der Waals surface area contributed by atoms with Crippen LogP contribution in [0.1, 0.15) is 18.1 Å². The minimum atomic E-state index is -0.729. The zero-order valence-corrected chi connectivity index (χ0v) is 11.2. The molecule has 1 aliphatic heterocycles. The Hall–Kier alpha value is -1.39. The predicted molar refractivity (Wildman–Crippen MR) is 73.0 cm³/mol. The standard InChI is InChI=1S/C15H20N2O2/c1-15(10-16-6-7-19-15)14(18)17-13-8-11-4-2-3-5-12(11)9-13/h2-5,13,16H,6-10H2,1H3,(H,17,18)/t15-/m0/s1. The minimum Gasteiger partial charge on any atom is -0.363 e. The second kappa shape index (κ2) is 4.94. The Morgan fingerprint density at radius 3 is 2.63 bits per heavy atom. The van der Waals surface area contributed by atoms with Crippen molar-refractivity contribution in [1.82, 2.24) is 10.6 Å². The van der Waals surface area contributed by atoms with E-state index >= 15 is 0 Å². The van der Waals surface area contributed by atoms with Crippen LogP contribution >= 0.6 is 0 Å². The molecule has 0 bridgehead atoms. The first-order valence-corrected chi connectivity index (χ1v) is 6.90.